The van der Waals surface area contributed by atoms with Crippen LogP contribution >= 0.6 is 11.3 Å². The minimum atomic E-state index is -0.283. The van der Waals surface area contributed by atoms with Gasteiger partial charge in [-0.3, -0.25) is 9.69 Å². The fourth-order valence-corrected chi connectivity index (χ4v) is 3.45. The number of aromatic nitrogens is 1. The van der Waals surface area contributed by atoms with Crippen molar-refractivity contribution in [3.05, 3.63) is 51.0 Å². The molecular weight excluding hydrogens is 306 g/mol. The van der Waals surface area contributed by atoms with Gasteiger partial charge in [-0.15, -0.1) is 11.3 Å². The molecule has 1 atom stereocenters. The number of aryl methyl sites for hydroxylation is 3. The molecule has 0 aliphatic carbocycles. The first-order valence-electron chi connectivity index (χ1n) is 7.88. The largest absolute Gasteiger partial charge is 0.349 e. The molecule has 1 heterocycles. The Bertz CT molecular complexity index is 661. The summed E-state index contributed by atoms with van der Waals surface area (Å²) in [5.74, 6) is 0.0182. The Morgan fingerprint density at radius 1 is 1.26 bits per heavy atom. The highest BCUT2D eigenvalue weighted by atomic mass is 32.1. The van der Waals surface area contributed by atoms with Crippen molar-refractivity contribution in [1.82, 2.24) is 15.2 Å². The Labute approximate surface area is 142 Å². The lowest BCUT2D eigenvalue weighted by atomic mass is 10.0. The van der Waals surface area contributed by atoms with E-state index in [9.17, 15) is 4.79 Å². The number of hydrogen-bond acceptors (Lipinski definition) is 4. The van der Waals surface area contributed by atoms with Gasteiger partial charge in [0.05, 0.1) is 17.2 Å². The molecule has 0 radical (unpaired) electrons. The molecule has 1 aromatic carbocycles. The fraction of sp³-hybridized carbons (Fsp3) is 0.444. The predicted octanol–water partition coefficient (Wildman–Crippen LogP) is 3.24. The number of amides is 1. The smallest absolute Gasteiger partial charge is 0.242 e. The summed E-state index contributed by atoms with van der Waals surface area (Å²) in [6, 6.07) is 7.84. The molecule has 23 heavy (non-hydrogen) atoms. The van der Waals surface area contributed by atoms with Crippen LogP contribution < -0.4 is 5.32 Å². The van der Waals surface area contributed by atoms with Gasteiger partial charge in [0, 0.05) is 4.88 Å². The van der Waals surface area contributed by atoms with E-state index < -0.39 is 0 Å². The topological polar surface area (TPSA) is 45.2 Å². The molecule has 2 rings (SSSR count). The van der Waals surface area contributed by atoms with Crippen LogP contribution in [0.25, 0.3) is 0 Å². The molecule has 0 fully saturated rings. The van der Waals surface area contributed by atoms with Gasteiger partial charge in [0.1, 0.15) is 6.04 Å². The second-order valence-electron chi connectivity index (χ2n) is 5.96. The van der Waals surface area contributed by atoms with E-state index in [1.54, 1.807) is 11.3 Å². The average molecular weight is 331 g/mol. The van der Waals surface area contributed by atoms with Gasteiger partial charge < -0.3 is 5.32 Å². The second-order valence-corrected chi connectivity index (χ2v) is 7.13. The molecule has 0 spiro atoms. The molecule has 0 saturated carbocycles. The third-order valence-corrected chi connectivity index (χ3v) is 5.12. The van der Waals surface area contributed by atoms with Crippen LogP contribution in [-0.4, -0.2) is 29.9 Å². The summed E-state index contributed by atoms with van der Waals surface area (Å²) >= 11 is 1.68. The Morgan fingerprint density at radius 3 is 2.43 bits per heavy atom. The molecule has 0 aliphatic rings. The van der Waals surface area contributed by atoms with E-state index in [1.807, 2.05) is 57.1 Å². The van der Waals surface area contributed by atoms with Crippen LogP contribution in [0.4, 0.5) is 0 Å². The lowest BCUT2D eigenvalue weighted by Gasteiger charge is -2.24. The van der Waals surface area contributed by atoms with Gasteiger partial charge in [-0.2, -0.15) is 0 Å². The lowest BCUT2D eigenvalue weighted by molar-refractivity contribution is -0.125. The van der Waals surface area contributed by atoms with Crippen LogP contribution in [0.1, 0.15) is 39.7 Å². The molecule has 0 saturated heterocycles. The van der Waals surface area contributed by atoms with Crippen LogP contribution in [0, 0.1) is 13.8 Å². The first-order chi connectivity index (χ1) is 10.9. The SMILES string of the molecule is CCc1nc(C)c(CNC(=O)[C@H](c2ccc(C)cc2)N(C)C)s1. The number of benzene rings is 1. The lowest BCUT2D eigenvalue weighted by Crippen LogP contribution is -2.36. The molecule has 4 nitrogen and oxygen atoms in total. The second kappa shape index (κ2) is 7.70. The molecule has 0 bridgehead atoms. The first kappa shape index (κ1) is 17.6. The monoisotopic (exact) mass is 331 g/mol. The predicted molar refractivity (Wildman–Crippen MR) is 95.7 cm³/mol. The molecule has 124 valence electrons. The Morgan fingerprint density at radius 2 is 1.91 bits per heavy atom. The van der Waals surface area contributed by atoms with E-state index in [0.717, 1.165) is 27.6 Å². The van der Waals surface area contributed by atoms with Crippen molar-refractivity contribution in [1.29, 1.82) is 0 Å². The first-order valence-corrected chi connectivity index (χ1v) is 8.70. The minimum absolute atomic E-state index is 0.0182. The normalized spacial score (nSPS) is 12.4. The minimum Gasteiger partial charge on any atom is -0.349 e. The van der Waals surface area contributed by atoms with Gasteiger partial charge >= 0.3 is 0 Å². The molecule has 2 aromatic rings. The van der Waals surface area contributed by atoms with E-state index in [4.69, 9.17) is 0 Å². The fourth-order valence-electron chi connectivity index (χ4n) is 2.50. The van der Waals surface area contributed by atoms with Crippen LogP contribution in [0.5, 0.6) is 0 Å². The van der Waals surface area contributed by atoms with Crippen LogP contribution in [-0.2, 0) is 17.8 Å². The van der Waals surface area contributed by atoms with Crippen molar-refractivity contribution in [2.24, 2.45) is 0 Å². The van der Waals surface area contributed by atoms with Crippen molar-refractivity contribution < 1.29 is 4.79 Å². The highest BCUT2D eigenvalue weighted by molar-refractivity contribution is 7.11. The zero-order chi connectivity index (χ0) is 17.0. The quantitative estimate of drug-likeness (QED) is 0.884. The van der Waals surface area contributed by atoms with Crippen molar-refractivity contribution in [2.75, 3.05) is 14.1 Å². The number of hydrogen-bond donors (Lipinski definition) is 1. The Hall–Kier alpha value is -1.72. The zero-order valence-corrected chi connectivity index (χ0v) is 15.3. The summed E-state index contributed by atoms with van der Waals surface area (Å²) < 4.78 is 0. The summed E-state index contributed by atoms with van der Waals surface area (Å²) in [4.78, 5) is 20.3. The molecular formula is C18H25N3OS. The van der Waals surface area contributed by atoms with E-state index in [1.165, 1.54) is 5.56 Å². The highest BCUT2D eigenvalue weighted by Crippen LogP contribution is 2.21. The maximum Gasteiger partial charge on any atom is 0.242 e. The third kappa shape index (κ3) is 4.39. The van der Waals surface area contributed by atoms with Gasteiger partial charge in [0.15, 0.2) is 0 Å². The Kier molecular flexibility index (Phi) is 5.91. The number of carbonyl (C=O) groups excluding carboxylic acids is 1. The summed E-state index contributed by atoms with van der Waals surface area (Å²) in [6.45, 7) is 6.69. The average Bonchev–Trinajstić information content (AvgIpc) is 2.87. The maximum atomic E-state index is 12.7. The summed E-state index contributed by atoms with van der Waals surface area (Å²) in [6.07, 6.45) is 0.934. The summed E-state index contributed by atoms with van der Waals surface area (Å²) in [5, 5.41) is 4.18. The number of carbonyl (C=O) groups is 1. The number of thiazole rings is 1. The Balaban J connectivity index is 2.09. The number of nitrogens with one attached hydrogen (secondary N) is 1. The van der Waals surface area contributed by atoms with E-state index in [2.05, 4.69) is 17.2 Å². The van der Waals surface area contributed by atoms with Gasteiger partial charge in [0.25, 0.3) is 0 Å². The molecule has 0 unspecified atom stereocenters. The van der Waals surface area contributed by atoms with Crippen molar-refractivity contribution >= 4 is 17.2 Å². The van der Waals surface area contributed by atoms with Gasteiger partial charge in [-0.1, -0.05) is 36.8 Å². The van der Waals surface area contributed by atoms with Crippen molar-refractivity contribution in [3.63, 3.8) is 0 Å². The molecule has 1 aromatic heterocycles. The zero-order valence-electron chi connectivity index (χ0n) is 14.5. The molecule has 1 amide bonds. The standard InChI is InChI=1S/C18H25N3OS/c1-6-16-20-13(3)15(23-16)11-19-18(22)17(21(4)5)14-9-7-12(2)8-10-14/h7-10,17H,6,11H2,1-5H3,(H,19,22)/t17-/m0/s1. The van der Waals surface area contributed by atoms with Gasteiger partial charge in [0.2, 0.25) is 5.91 Å². The third-order valence-electron chi connectivity index (χ3n) is 3.82. The molecule has 0 aliphatic heterocycles. The number of rotatable bonds is 6. The number of nitrogens with zero attached hydrogens (tertiary/aromatic N) is 2. The van der Waals surface area contributed by atoms with Crippen molar-refractivity contribution in [3.8, 4) is 0 Å². The molecule has 5 heteroatoms. The van der Waals surface area contributed by atoms with Crippen LogP contribution in [0.2, 0.25) is 0 Å². The van der Waals surface area contributed by atoms with Gasteiger partial charge in [-0.25, -0.2) is 4.98 Å². The summed E-state index contributed by atoms with van der Waals surface area (Å²) in [5.41, 5.74) is 3.22. The van der Waals surface area contributed by atoms with Crippen LogP contribution in [0.3, 0.4) is 0 Å². The highest BCUT2D eigenvalue weighted by Gasteiger charge is 2.23. The van der Waals surface area contributed by atoms with E-state index in [0.29, 0.717) is 6.54 Å². The molecule has 1 N–H and O–H groups in total. The van der Waals surface area contributed by atoms with E-state index in [-0.39, 0.29) is 11.9 Å². The number of likely N-dealkylation sites (N-methyl/N-ethyl adjacent to an activating group) is 1. The maximum absolute atomic E-state index is 12.7. The van der Waals surface area contributed by atoms with Gasteiger partial charge in [-0.05, 0) is 39.9 Å². The van der Waals surface area contributed by atoms with Crippen molar-refractivity contribution in [2.45, 2.75) is 39.8 Å². The summed E-state index contributed by atoms with van der Waals surface area (Å²) in [7, 11) is 3.86. The van der Waals surface area contributed by atoms with E-state index >= 15 is 0 Å². The van der Waals surface area contributed by atoms with Crippen LogP contribution in [0.15, 0.2) is 24.3 Å².